The molecule has 0 aliphatic heterocycles. The van der Waals surface area contributed by atoms with Crippen LogP contribution in [0.3, 0.4) is 0 Å². The van der Waals surface area contributed by atoms with Gasteiger partial charge < -0.3 is 5.32 Å². The molecule has 1 fully saturated rings. The molecule has 0 unspecified atom stereocenters. The third kappa shape index (κ3) is 3.47. The molecule has 3 nitrogen and oxygen atoms in total. The number of halogens is 1. The summed E-state index contributed by atoms with van der Waals surface area (Å²) in [4.78, 5) is 9.12. The summed E-state index contributed by atoms with van der Waals surface area (Å²) >= 11 is 4.31. The minimum atomic E-state index is 0.830. The van der Waals surface area contributed by atoms with Crippen molar-refractivity contribution < 1.29 is 0 Å². The standard InChI is InChI=1S/C12H18IN3S/c1-8-11(13)12(14-2)16-10(15-8)7-17-9-5-3-4-6-9/h9H,3-7H2,1-2H3,(H,14,15,16). The molecule has 0 atom stereocenters. The fraction of sp³-hybridized carbons (Fsp3) is 0.667. The van der Waals surface area contributed by atoms with Gasteiger partial charge in [0, 0.05) is 12.3 Å². The van der Waals surface area contributed by atoms with Gasteiger partial charge in [-0.1, -0.05) is 12.8 Å². The van der Waals surface area contributed by atoms with Crippen molar-refractivity contribution in [1.82, 2.24) is 9.97 Å². The summed E-state index contributed by atoms with van der Waals surface area (Å²) < 4.78 is 1.12. The first-order valence-electron chi connectivity index (χ1n) is 6.03. The van der Waals surface area contributed by atoms with E-state index in [-0.39, 0.29) is 0 Å². The Balaban J connectivity index is 2.02. The Kier molecular flexibility index (Phi) is 4.90. The second kappa shape index (κ2) is 6.22. The molecule has 0 saturated heterocycles. The molecule has 5 heteroatoms. The number of rotatable bonds is 4. The van der Waals surface area contributed by atoms with Crippen molar-refractivity contribution in [2.75, 3.05) is 12.4 Å². The van der Waals surface area contributed by atoms with Gasteiger partial charge in [-0.15, -0.1) is 0 Å². The van der Waals surface area contributed by atoms with E-state index in [0.717, 1.165) is 31.9 Å². The highest BCUT2D eigenvalue weighted by molar-refractivity contribution is 14.1. The highest BCUT2D eigenvalue weighted by Crippen LogP contribution is 2.31. The molecule has 0 spiro atoms. The van der Waals surface area contributed by atoms with Crippen LogP contribution in [-0.2, 0) is 5.75 Å². The summed E-state index contributed by atoms with van der Waals surface area (Å²) in [5, 5.41) is 3.97. The zero-order valence-electron chi connectivity index (χ0n) is 10.3. The van der Waals surface area contributed by atoms with Crippen LogP contribution in [0.4, 0.5) is 5.82 Å². The van der Waals surface area contributed by atoms with Crippen LogP contribution in [-0.4, -0.2) is 22.3 Å². The summed E-state index contributed by atoms with van der Waals surface area (Å²) in [6.45, 7) is 2.05. The fourth-order valence-electron chi connectivity index (χ4n) is 2.09. The number of nitrogens with one attached hydrogen (secondary N) is 1. The highest BCUT2D eigenvalue weighted by Gasteiger charge is 2.16. The molecule has 1 aromatic rings. The van der Waals surface area contributed by atoms with Crippen molar-refractivity contribution in [3.8, 4) is 0 Å². The molecule has 1 aromatic heterocycles. The zero-order valence-corrected chi connectivity index (χ0v) is 13.3. The molecule has 1 saturated carbocycles. The molecule has 0 amide bonds. The minimum absolute atomic E-state index is 0.830. The molecule has 94 valence electrons. The van der Waals surface area contributed by atoms with E-state index in [2.05, 4.69) is 37.9 Å². The Morgan fingerprint density at radius 1 is 1.35 bits per heavy atom. The maximum Gasteiger partial charge on any atom is 0.143 e. The summed E-state index contributed by atoms with van der Waals surface area (Å²) in [7, 11) is 1.91. The summed E-state index contributed by atoms with van der Waals surface area (Å²) in [6, 6.07) is 0. The van der Waals surface area contributed by atoms with Crippen LogP contribution < -0.4 is 5.32 Å². The van der Waals surface area contributed by atoms with Gasteiger partial charge in [0.1, 0.15) is 11.6 Å². The van der Waals surface area contributed by atoms with E-state index >= 15 is 0 Å². The molecular formula is C12H18IN3S. The fourth-order valence-corrected chi connectivity index (χ4v) is 3.79. The molecule has 2 rings (SSSR count). The SMILES string of the molecule is CNc1nc(CSC2CCCC2)nc(C)c1I. The van der Waals surface area contributed by atoms with Gasteiger partial charge in [0.05, 0.1) is 15.0 Å². The number of aromatic nitrogens is 2. The lowest BCUT2D eigenvalue weighted by Crippen LogP contribution is -2.05. The molecule has 1 heterocycles. The molecule has 1 N–H and O–H groups in total. The van der Waals surface area contributed by atoms with E-state index in [1.54, 1.807) is 0 Å². The Hall–Kier alpha value is -0.0400. The van der Waals surface area contributed by atoms with Crippen LogP contribution in [0.2, 0.25) is 0 Å². The molecule has 0 aromatic carbocycles. The van der Waals surface area contributed by atoms with Gasteiger partial charge in [-0.25, -0.2) is 9.97 Å². The predicted molar refractivity (Wildman–Crippen MR) is 82.6 cm³/mol. The molecule has 17 heavy (non-hydrogen) atoms. The lowest BCUT2D eigenvalue weighted by atomic mass is 10.4. The van der Waals surface area contributed by atoms with Gasteiger partial charge >= 0.3 is 0 Å². The quantitative estimate of drug-likeness (QED) is 0.830. The Morgan fingerprint density at radius 3 is 2.71 bits per heavy atom. The molecule has 1 aliphatic carbocycles. The molecular weight excluding hydrogens is 345 g/mol. The Morgan fingerprint density at radius 2 is 2.06 bits per heavy atom. The monoisotopic (exact) mass is 363 g/mol. The average molecular weight is 363 g/mol. The van der Waals surface area contributed by atoms with Crippen molar-refractivity contribution in [3.05, 3.63) is 15.1 Å². The first-order valence-corrected chi connectivity index (χ1v) is 8.16. The van der Waals surface area contributed by atoms with Gasteiger partial charge in [0.2, 0.25) is 0 Å². The Bertz CT molecular complexity index is 392. The topological polar surface area (TPSA) is 37.8 Å². The third-order valence-corrected chi connectivity index (χ3v) is 5.71. The van der Waals surface area contributed by atoms with E-state index in [9.17, 15) is 0 Å². The van der Waals surface area contributed by atoms with Crippen LogP contribution in [0, 0.1) is 10.5 Å². The van der Waals surface area contributed by atoms with Crippen molar-refractivity contribution in [3.63, 3.8) is 0 Å². The van der Waals surface area contributed by atoms with Crippen LogP contribution in [0.5, 0.6) is 0 Å². The number of nitrogens with zero attached hydrogens (tertiary/aromatic N) is 2. The van der Waals surface area contributed by atoms with E-state index in [1.165, 1.54) is 25.7 Å². The van der Waals surface area contributed by atoms with Crippen molar-refractivity contribution in [2.24, 2.45) is 0 Å². The van der Waals surface area contributed by atoms with Crippen LogP contribution >= 0.6 is 34.4 Å². The zero-order chi connectivity index (χ0) is 12.3. The largest absolute Gasteiger partial charge is 0.372 e. The second-order valence-electron chi connectivity index (χ2n) is 4.36. The number of hydrogen-bond donors (Lipinski definition) is 1. The number of thioether (sulfide) groups is 1. The maximum atomic E-state index is 4.56. The lowest BCUT2D eigenvalue weighted by molar-refractivity contribution is 0.886. The second-order valence-corrected chi connectivity index (χ2v) is 6.72. The number of anilines is 1. The summed E-state index contributed by atoms with van der Waals surface area (Å²) in [5.74, 6) is 2.86. The molecule has 0 bridgehead atoms. The van der Waals surface area contributed by atoms with Crippen molar-refractivity contribution in [1.29, 1.82) is 0 Å². The normalized spacial score (nSPS) is 16.4. The smallest absolute Gasteiger partial charge is 0.143 e. The van der Waals surface area contributed by atoms with E-state index in [0.29, 0.717) is 0 Å². The summed E-state index contributed by atoms with van der Waals surface area (Å²) in [6.07, 6.45) is 5.53. The van der Waals surface area contributed by atoms with E-state index < -0.39 is 0 Å². The van der Waals surface area contributed by atoms with Crippen LogP contribution in [0.1, 0.15) is 37.2 Å². The van der Waals surface area contributed by atoms with Gasteiger partial charge in [0.15, 0.2) is 0 Å². The summed E-state index contributed by atoms with van der Waals surface area (Å²) in [5.41, 5.74) is 1.08. The van der Waals surface area contributed by atoms with E-state index in [4.69, 9.17) is 0 Å². The van der Waals surface area contributed by atoms with Gasteiger partial charge in [-0.3, -0.25) is 0 Å². The first kappa shape index (κ1) is 13.4. The average Bonchev–Trinajstić information content (AvgIpc) is 2.83. The van der Waals surface area contributed by atoms with Gasteiger partial charge in [-0.2, -0.15) is 11.8 Å². The first-order chi connectivity index (χ1) is 8.20. The van der Waals surface area contributed by atoms with E-state index in [1.807, 2.05) is 25.7 Å². The lowest BCUT2D eigenvalue weighted by Gasteiger charge is -2.10. The maximum absolute atomic E-state index is 4.56. The third-order valence-electron chi connectivity index (χ3n) is 3.05. The molecule has 0 radical (unpaired) electrons. The van der Waals surface area contributed by atoms with Crippen molar-refractivity contribution >= 4 is 40.2 Å². The van der Waals surface area contributed by atoms with Crippen molar-refractivity contribution in [2.45, 2.75) is 43.6 Å². The highest BCUT2D eigenvalue weighted by atomic mass is 127. The number of hydrogen-bond acceptors (Lipinski definition) is 4. The van der Waals surface area contributed by atoms with Gasteiger partial charge in [-0.05, 0) is 42.4 Å². The van der Waals surface area contributed by atoms with Crippen LogP contribution in [0.25, 0.3) is 0 Å². The molecule has 1 aliphatic rings. The number of aryl methyl sites for hydroxylation is 1. The van der Waals surface area contributed by atoms with Gasteiger partial charge in [0.25, 0.3) is 0 Å². The Labute approximate surface area is 121 Å². The predicted octanol–water partition coefficient (Wildman–Crippen LogP) is 3.61. The van der Waals surface area contributed by atoms with Crippen LogP contribution in [0.15, 0.2) is 0 Å². The minimum Gasteiger partial charge on any atom is -0.372 e.